The molecule has 0 aromatic heterocycles. The zero-order valence-electron chi connectivity index (χ0n) is 14.0. The van der Waals surface area contributed by atoms with E-state index in [1.54, 1.807) is 24.3 Å². The van der Waals surface area contributed by atoms with Crippen molar-refractivity contribution in [3.05, 3.63) is 50.6 Å². The van der Waals surface area contributed by atoms with E-state index in [2.05, 4.69) is 26.3 Å². The van der Waals surface area contributed by atoms with Crippen molar-refractivity contribution in [2.45, 2.75) is 30.7 Å². The lowest BCUT2D eigenvalue weighted by Gasteiger charge is -2.44. The van der Waals surface area contributed by atoms with Crippen LogP contribution in [0, 0.1) is 0 Å². The molecule has 1 fully saturated rings. The zero-order valence-corrected chi connectivity index (χ0v) is 14.0. The Hall–Kier alpha value is -1.28. The highest BCUT2D eigenvalue weighted by Crippen LogP contribution is 2.27. The minimum absolute atomic E-state index is 0.229. The van der Waals surface area contributed by atoms with Gasteiger partial charge in [0.15, 0.2) is 6.29 Å². The molecule has 136 valence electrons. The van der Waals surface area contributed by atoms with Crippen LogP contribution in [0.15, 0.2) is 50.6 Å². The molecule has 5 atom stereocenters. The smallest absolute Gasteiger partial charge is 0.184 e. The Morgan fingerprint density at radius 3 is 1.79 bits per heavy atom. The molecular weight excluding hydrogens is 312 g/mol. The van der Waals surface area contributed by atoms with Gasteiger partial charge in [0.05, 0.1) is 33.0 Å². The van der Waals surface area contributed by atoms with E-state index < -0.39 is 30.7 Å². The fourth-order valence-electron chi connectivity index (χ4n) is 2.40. The Labute approximate surface area is 144 Å². The summed E-state index contributed by atoms with van der Waals surface area (Å²) >= 11 is 0. The minimum atomic E-state index is -1.17. The van der Waals surface area contributed by atoms with Crippen molar-refractivity contribution in [2.24, 2.45) is 0 Å². The molecule has 0 aromatic rings. The first kappa shape index (κ1) is 20.8. The molecule has 6 nitrogen and oxygen atoms in total. The number of hydrogen-bond donors (Lipinski definition) is 1. The minimum Gasteiger partial charge on any atom is -0.375 e. The molecule has 2 unspecified atom stereocenters. The molecule has 0 radical (unpaired) electrons. The SMILES string of the molecule is C=CCOC[C@H]1OC(O)[C@H](OCC=C)[C@@H](OCC=C)C1OCC=C. The molecule has 0 aliphatic carbocycles. The molecule has 1 heterocycles. The standard InChI is InChI=1S/C18H28O6/c1-5-9-20-13-14-15(21-10-6-2)16(22-11-7-3)17(18(19)24-14)23-12-8-4/h5-8,14-19H,1-4,9-13H2/t14-,15?,16+,17-,18?/m1/s1. The van der Waals surface area contributed by atoms with Crippen molar-refractivity contribution in [3.8, 4) is 0 Å². The Bertz CT molecular complexity index is 397. The van der Waals surface area contributed by atoms with Gasteiger partial charge in [-0.25, -0.2) is 0 Å². The molecule has 1 N–H and O–H groups in total. The molecule has 0 spiro atoms. The monoisotopic (exact) mass is 340 g/mol. The summed E-state index contributed by atoms with van der Waals surface area (Å²) in [5.41, 5.74) is 0. The van der Waals surface area contributed by atoms with Crippen LogP contribution in [-0.2, 0) is 23.7 Å². The summed E-state index contributed by atoms with van der Waals surface area (Å²) in [6, 6.07) is 0. The van der Waals surface area contributed by atoms with Crippen molar-refractivity contribution >= 4 is 0 Å². The van der Waals surface area contributed by atoms with Crippen molar-refractivity contribution in [3.63, 3.8) is 0 Å². The lowest BCUT2D eigenvalue weighted by Crippen LogP contribution is -2.61. The molecule has 1 aliphatic heterocycles. The lowest BCUT2D eigenvalue weighted by molar-refractivity contribution is -0.307. The van der Waals surface area contributed by atoms with Crippen LogP contribution in [0.5, 0.6) is 0 Å². The van der Waals surface area contributed by atoms with Gasteiger partial charge in [0.25, 0.3) is 0 Å². The summed E-state index contributed by atoms with van der Waals surface area (Å²) < 4.78 is 28.3. The molecule has 6 heteroatoms. The summed E-state index contributed by atoms with van der Waals surface area (Å²) in [5, 5.41) is 10.3. The third kappa shape index (κ3) is 6.32. The highest BCUT2D eigenvalue weighted by atomic mass is 16.7. The van der Waals surface area contributed by atoms with Gasteiger partial charge in [0, 0.05) is 0 Å². The highest BCUT2D eigenvalue weighted by molar-refractivity contribution is 4.94. The molecular formula is C18H28O6. The molecule has 0 amide bonds. The van der Waals surface area contributed by atoms with E-state index in [4.69, 9.17) is 23.7 Å². The maximum Gasteiger partial charge on any atom is 0.184 e. The predicted molar refractivity (Wildman–Crippen MR) is 91.7 cm³/mol. The number of hydrogen-bond acceptors (Lipinski definition) is 6. The predicted octanol–water partition coefficient (Wildman–Crippen LogP) is 1.62. The Kier molecular flexibility index (Phi) is 10.5. The van der Waals surface area contributed by atoms with Crippen LogP contribution in [0.25, 0.3) is 0 Å². The van der Waals surface area contributed by atoms with Gasteiger partial charge in [-0.2, -0.15) is 0 Å². The largest absolute Gasteiger partial charge is 0.375 e. The van der Waals surface area contributed by atoms with Crippen molar-refractivity contribution in [1.29, 1.82) is 0 Å². The lowest BCUT2D eigenvalue weighted by atomic mass is 9.98. The Balaban J connectivity index is 2.92. The van der Waals surface area contributed by atoms with Gasteiger partial charge in [-0.3, -0.25) is 0 Å². The fraction of sp³-hybridized carbons (Fsp3) is 0.556. The Morgan fingerprint density at radius 1 is 0.750 bits per heavy atom. The molecule has 1 saturated heterocycles. The maximum atomic E-state index is 10.3. The van der Waals surface area contributed by atoms with Gasteiger partial charge >= 0.3 is 0 Å². The van der Waals surface area contributed by atoms with E-state index in [1.807, 2.05) is 0 Å². The zero-order chi connectivity index (χ0) is 17.8. The van der Waals surface area contributed by atoms with E-state index in [9.17, 15) is 5.11 Å². The summed E-state index contributed by atoms with van der Waals surface area (Å²) in [5.74, 6) is 0. The van der Waals surface area contributed by atoms with Crippen LogP contribution in [-0.4, -0.2) is 68.8 Å². The fourth-order valence-corrected chi connectivity index (χ4v) is 2.40. The summed E-state index contributed by atoms with van der Waals surface area (Å²) in [7, 11) is 0. The van der Waals surface area contributed by atoms with E-state index >= 15 is 0 Å². The molecule has 24 heavy (non-hydrogen) atoms. The first-order valence-corrected chi connectivity index (χ1v) is 7.89. The average molecular weight is 340 g/mol. The second kappa shape index (κ2) is 12.1. The van der Waals surface area contributed by atoms with Crippen molar-refractivity contribution in [2.75, 3.05) is 33.0 Å². The van der Waals surface area contributed by atoms with Gasteiger partial charge in [-0.15, -0.1) is 26.3 Å². The van der Waals surface area contributed by atoms with Crippen molar-refractivity contribution in [1.82, 2.24) is 0 Å². The van der Waals surface area contributed by atoms with Gasteiger partial charge in [0.1, 0.15) is 24.4 Å². The van der Waals surface area contributed by atoms with Gasteiger partial charge in [-0.1, -0.05) is 24.3 Å². The van der Waals surface area contributed by atoms with Crippen LogP contribution in [0.2, 0.25) is 0 Å². The highest BCUT2D eigenvalue weighted by Gasteiger charge is 2.47. The quantitative estimate of drug-likeness (QED) is 0.406. The number of aliphatic hydroxyl groups excluding tert-OH is 1. The summed E-state index contributed by atoms with van der Waals surface area (Å²) in [6.45, 7) is 16.0. The van der Waals surface area contributed by atoms with Gasteiger partial charge < -0.3 is 28.8 Å². The van der Waals surface area contributed by atoms with Crippen LogP contribution < -0.4 is 0 Å². The third-order valence-electron chi connectivity index (χ3n) is 3.35. The number of rotatable bonds is 13. The number of ether oxygens (including phenoxy) is 5. The topological polar surface area (TPSA) is 66.4 Å². The first-order valence-electron chi connectivity index (χ1n) is 7.89. The van der Waals surface area contributed by atoms with Crippen molar-refractivity contribution < 1.29 is 28.8 Å². The van der Waals surface area contributed by atoms with E-state index in [1.165, 1.54) is 0 Å². The summed E-state index contributed by atoms with van der Waals surface area (Å²) in [6.07, 6.45) is 3.05. The second-order valence-electron chi connectivity index (χ2n) is 5.15. The normalized spacial score (nSPS) is 29.8. The van der Waals surface area contributed by atoms with E-state index in [0.717, 1.165) is 0 Å². The first-order chi connectivity index (χ1) is 11.7. The van der Waals surface area contributed by atoms with E-state index in [-0.39, 0.29) is 13.2 Å². The van der Waals surface area contributed by atoms with Crippen LogP contribution in [0.1, 0.15) is 0 Å². The third-order valence-corrected chi connectivity index (χ3v) is 3.35. The molecule has 0 saturated carbocycles. The Morgan fingerprint density at radius 2 is 1.25 bits per heavy atom. The maximum absolute atomic E-state index is 10.3. The van der Waals surface area contributed by atoms with Gasteiger partial charge in [-0.05, 0) is 0 Å². The summed E-state index contributed by atoms with van der Waals surface area (Å²) in [4.78, 5) is 0. The van der Waals surface area contributed by atoms with Crippen LogP contribution in [0.4, 0.5) is 0 Å². The van der Waals surface area contributed by atoms with Gasteiger partial charge in [0.2, 0.25) is 0 Å². The number of aliphatic hydroxyl groups is 1. The molecule has 1 aliphatic rings. The molecule has 1 rings (SSSR count). The van der Waals surface area contributed by atoms with E-state index in [0.29, 0.717) is 19.8 Å². The van der Waals surface area contributed by atoms with Crippen LogP contribution in [0.3, 0.4) is 0 Å². The molecule has 0 bridgehead atoms. The average Bonchev–Trinajstić information content (AvgIpc) is 2.58. The second-order valence-corrected chi connectivity index (χ2v) is 5.15. The molecule has 0 aromatic carbocycles. The van der Waals surface area contributed by atoms with Crippen LogP contribution >= 0.6 is 0 Å².